The number of hydrogen-bond donors (Lipinski definition) is 1. The summed E-state index contributed by atoms with van der Waals surface area (Å²) in [5, 5.41) is 11.9. The van der Waals surface area contributed by atoms with E-state index in [0.717, 1.165) is 0 Å². The summed E-state index contributed by atoms with van der Waals surface area (Å²) in [7, 11) is -4.45. The van der Waals surface area contributed by atoms with Crippen LogP contribution in [0.2, 0.25) is 0 Å². The Morgan fingerprint density at radius 2 is 1.19 bits per heavy atom. The molecule has 6 nitrogen and oxygen atoms in total. The molecular weight excluding hydrogens is 364 g/mol. The topological polar surface area (TPSA) is 89.5 Å². The molecule has 0 bridgehead atoms. The second kappa shape index (κ2) is 7.92. The highest BCUT2D eigenvalue weighted by molar-refractivity contribution is 7.90. The second-order valence-electron chi connectivity index (χ2n) is 5.76. The van der Waals surface area contributed by atoms with Crippen molar-refractivity contribution >= 4 is 22.0 Å². The monoisotopic (exact) mass is 381 g/mol. The molecule has 7 heteroatoms. The lowest BCUT2D eigenvalue weighted by molar-refractivity contribution is -0.260. The maximum Gasteiger partial charge on any atom is 0.325 e. The van der Waals surface area contributed by atoms with Gasteiger partial charge < -0.3 is 9.90 Å². The lowest BCUT2D eigenvalue weighted by atomic mass is 9.99. The number of nitrogens with one attached hydrogen (secondary N) is 1. The van der Waals surface area contributed by atoms with Crippen molar-refractivity contribution in [3.05, 3.63) is 102 Å². The summed E-state index contributed by atoms with van der Waals surface area (Å²) in [6.07, 6.45) is -1.82. The highest BCUT2D eigenvalue weighted by atomic mass is 32.2. The average Bonchev–Trinajstić information content (AvgIpc) is 2.67. The normalized spacial score (nSPS) is 11.1. The minimum absolute atomic E-state index is 0.253. The van der Waals surface area contributed by atoms with Crippen LogP contribution in [0, 0.1) is 0 Å². The molecule has 3 rings (SSSR count). The van der Waals surface area contributed by atoms with Gasteiger partial charge >= 0.3 is 10.2 Å². The van der Waals surface area contributed by atoms with Gasteiger partial charge in [0.2, 0.25) is 0 Å². The minimum atomic E-state index is -4.45. The Morgan fingerprint density at radius 1 is 0.778 bits per heavy atom. The molecule has 0 heterocycles. The molecule has 1 amide bonds. The minimum Gasteiger partial charge on any atom is -0.529 e. The number of anilines is 1. The Morgan fingerprint density at radius 3 is 1.59 bits per heavy atom. The van der Waals surface area contributed by atoms with Crippen LogP contribution in [0.4, 0.5) is 10.5 Å². The highest BCUT2D eigenvalue weighted by Gasteiger charge is 2.32. The number of benzene rings is 3. The summed E-state index contributed by atoms with van der Waals surface area (Å²) in [6, 6.07) is 24.1. The van der Waals surface area contributed by atoms with Crippen molar-refractivity contribution in [3.8, 4) is 0 Å². The van der Waals surface area contributed by atoms with Gasteiger partial charge in [-0.25, -0.2) is 4.31 Å². The lowest BCUT2D eigenvalue weighted by Gasteiger charge is -2.33. The lowest BCUT2D eigenvalue weighted by Crippen LogP contribution is -2.49. The first-order valence-corrected chi connectivity index (χ1v) is 9.61. The van der Waals surface area contributed by atoms with E-state index in [0.29, 0.717) is 15.4 Å². The molecule has 0 fully saturated rings. The van der Waals surface area contributed by atoms with Crippen molar-refractivity contribution in [2.24, 2.45) is 0 Å². The predicted octanol–water partition coefficient (Wildman–Crippen LogP) is 2.78. The number of carbonyl (C=O) groups excluding carboxylic acids is 1. The maximum absolute atomic E-state index is 12.9. The highest BCUT2D eigenvalue weighted by Crippen LogP contribution is 2.31. The number of rotatable bonds is 6. The van der Waals surface area contributed by atoms with Crippen LogP contribution in [0.3, 0.4) is 0 Å². The smallest absolute Gasteiger partial charge is 0.325 e. The van der Waals surface area contributed by atoms with E-state index in [4.69, 9.17) is 0 Å². The molecule has 0 unspecified atom stereocenters. The Bertz CT molecular complexity index is 954. The molecule has 0 saturated carbocycles. The van der Waals surface area contributed by atoms with Gasteiger partial charge in [0.25, 0.3) is 0 Å². The Labute approximate surface area is 157 Å². The standard InChI is InChI=1S/C20H18N2O4S/c23-20(24)22(27(25,26)21-18-14-8-3-9-15-18)19(16-10-4-1-5-11-16)17-12-6-2-7-13-17/h1-15,19,21H,(H,23,24)/p-1. The van der Waals surface area contributed by atoms with Crippen LogP contribution in [0.5, 0.6) is 0 Å². The third-order valence-corrected chi connectivity index (χ3v) is 5.30. The number of para-hydroxylation sites is 1. The van der Waals surface area contributed by atoms with Crippen LogP contribution in [-0.2, 0) is 10.2 Å². The number of amides is 1. The van der Waals surface area contributed by atoms with Crippen LogP contribution in [0.25, 0.3) is 0 Å². The molecule has 0 atom stereocenters. The van der Waals surface area contributed by atoms with E-state index in [9.17, 15) is 18.3 Å². The fourth-order valence-electron chi connectivity index (χ4n) is 2.78. The van der Waals surface area contributed by atoms with Crippen LogP contribution in [0.1, 0.15) is 17.2 Å². The summed E-state index contributed by atoms with van der Waals surface area (Å²) in [6.45, 7) is 0. The van der Waals surface area contributed by atoms with Gasteiger partial charge in [0.1, 0.15) is 0 Å². The number of carboxylic acid groups (broad SMARTS) is 1. The molecule has 138 valence electrons. The van der Waals surface area contributed by atoms with Crippen molar-refractivity contribution < 1.29 is 18.3 Å². The zero-order valence-corrected chi connectivity index (χ0v) is 15.0. The molecule has 3 aromatic rings. The van der Waals surface area contributed by atoms with Gasteiger partial charge in [-0.2, -0.15) is 8.42 Å². The molecule has 0 saturated heterocycles. The first kappa shape index (κ1) is 18.5. The summed E-state index contributed by atoms with van der Waals surface area (Å²) >= 11 is 0. The molecule has 0 aromatic heterocycles. The van der Waals surface area contributed by atoms with E-state index >= 15 is 0 Å². The molecule has 0 radical (unpaired) electrons. The Kier molecular flexibility index (Phi) is 5.42. The first-order chi connectivity index (χ1) is 13.0. The number of nitrogens with zero attached hydrogens (tertiary/aromatic N) is 1. The molecule has 0 aliphatic carbocycles. The van der Waals surface area contributed by atoms with E-state index < -0.39 is 22.3 Å². The Balaban J connectivity index is 2.10. The third kappa shape index (κ3) is 4.27. The van der Waals surface area contributed by atoms with Gasteiger partial charge in [0, 0.05) is 0 Å². The van der Waals surface area contributed by atoms with Gasteiger partial charge in [-0.05, 0) is 23.3 Å². The molecular formula is C20H17N2O4S-. The zero-order chi connectivity index (χ0) is 19.3. The van der Waals surface area contributed by atoms with Gasteiger partial charge in [-0.3, -0.25) is 4.72 Å². The number of carbonyl (C=O) groups is 1. The van der Waals surface area contributed by atoms with Gasteiger partial charge in [-0.1, -0.05) is 78.9 Å². The Hall–Kier alpha value is -3.32. The zero-order valence-electron chi connectivity index (χ0n) is 14.2. The quantitative estimate of drug-likeness (QED) is 0.711. The summed E-state index contributed by atoms with van der Waals surface area (Å²) < 4.78 is 28.5. The summed E-state index contributed by atoms with van der Waals surface area (Å²) in [5.74, 6) is 0. The summed E-state index contributed by atoms with van der Waals surface area (Å²) in [5.41, 5.74) is 1.27. The van der Waals surface area contributed by atoms with Crippen molar-refractivity contribution in [1.29, 1.82) is 0 Å². The SMILES string of the molecule is O=C([O-])N(C(c1ccccc1)c1ccccc1)S(=O)(=O)Nc1ccccc1. The summed E-state index contributed by atoms with van der Waals surface area (Å²) in [4.78, 5) is 11.9. The average molecular weight is 381 g/mol. The van der Waals surface area contributed by atoms with E-state index in [1.54, 1.807) is 78.9 Å². The maximum atomic E-state index is 12.9. The van der Waals surface area contributed by atoms with Crippen LogP contribution in [0.15, 0.2) is 91.0 Å². The third-order valence-electron chi connectivity index (χ3n) is 3.92. The molecule has 27 heavy (non-hydrogen) atoms. The molecule has 0 spiro atoms. The van der Waals surface area contributed by atoms with Crippen molar-refractivity contribution in [2.75, 3.05) is 4.72 Å². The van der Waals surface area contributed by atoms with Crippen LogP contribution >= 0.6 is 0 Å². The number of hydrogen-bond acceptors (Lipinski definition) is 4. The van der Waals surface area contributed by atoms with E-state index in [1.165, 1.54) is 12.1 Å². The largest absolute Gasteiger partial charge is 0.529 e. The second-order valence-corrected chi connectivity index (χ2v) is 7.31. The fourth-order valence-corrected chi connectivity index (χ4v) is 4.03. The fraction of sp³-hybridized carbons (Fsp3) is 0.0500. The van der Waals surface area contributed by atoms with Crippen LogP contribution in [-0.4, -0.2) is 18.8 Å². The van der Waals surface area contributed by atoms with Crippen molar-refractivity contribution in [2.45, 2.75) is 6.04 Å². The predicted molar refractivity (Wildman–Crippen MR) is 101 cm³/mol. The van der Waals surface area contributed by atoms with Gasteiger partial charge in [0.15, 0.2) is 6.09 Å². The van der Waals surface area contributed by atoms with Gasteiger partial charge in [-0.15, -0.1) is 0 Å². The first-order valence-electron chi connectivity index (χ1n) is 8.17. The van der Waals surface area contributed by atoms with Crippen molar-refractivity contribution in [3.63, 3.8) is 0 Å². The molecule has 1 N–H and O–H groups in total. The molecule has 0 aliphatic heterocycles. The van der Waals surface area contributed by atoms with Crippen molar-refractivity contribution in [1.82, 2.24) is 4.31 Å². The van der Waals surface area contributed by atoms with Gasteiger partial charge in [0.05, 0.1) is 11.7 Å². The molecule has 0 aliphatic rings. The van der Waals surface area contributed by atoms with Crippen LogP contribution < -0.4 is 9.83 Å². The molecule has 3 aromatic carbocycles. The van der Waals surface area contributed by atoms with E-state index in [-0.39, 0.29) is 5.69 Å². The van der Waals surface area contributed by atoms with E-state index in [1.807, 2.05) is 0 Å². The van der Waals surface area contributed by atoms with E-state index in [2.05, 4.69) is 4.72 Å².